The molecular weight excluding hydrogens is 236 g/mol. The maximum absolute atomic E-state index is 11.9. The number of unbranched alkanes of at least 4 members (excludes halogenated alkanes) is 1. The Bertz CT molecular complexity index is 379. The van der Waals surface area contributed by atoms with Crippen molar-refractivity contribution in [1.82, 2.24) is 0 Å². The minimum atomic E-state index is -0.176. The standard InChI is InChI=1S/C17H26O2/c1-5-6-11-19-17(18)14(4)16-9-7-15(8-10-16)12-13(2)3/h7-10,13-14H,5-6,11-12H2,1-4H3/t14-/m1/s1. The number of ether oxygens (including phenoxy) is 1. The monoisotopic (exact) mass is 262 g/mol. The molecule has 2 nitrogen and oxygen atoms in total. The van der Waals surface area contributed by atoms with E-state index in [1.807, 2.05) is 19.1 Å². The maximum atomic E-state index is 11.9. The molecule has 1 aromatic carbocycles. The van der Waals surface area contributed by atoms with Crippen molar-refractivity contribution in [3.8, 4) is 0 Å². The Morgan fingerprint density at radius 1 is 1.16 bits per heavy atom. The van der Waals surface area contributed by atoms with E-state index in [9.17, 15) is 4.79 Å². The predicted molar refractivity (Wildman–Crippen MR) is 79.3 cm³/mol. The molecule has 19 heavy (non-hydrogen) atoms. The number of hydrogen-bond donors (Lipinski definition) is 0. The van der Waals surface area contributed by atoms with Gasteiger partial charge in [-0.05, 0) is 36.8 Å². The highest BCUT2D eigenvalue weighted by atomic mass is 16.5. The second kappa shape index (κ2) is 7.98. The minimum absolute atomic E-state index is 0.120. The normalized spacial score (nSPS) is 12.5. The van der Waals surface area contributed by atoms with E-state index < -0.39 is 0 Å². The van der Waals surface area contributed by atoms with Crippen LogP contribution in [0.1, 0.15) is 57.6 Å². The summed E-state index contributed by atoms with van der Waals surface area (Å²) in [6.45, 7) is 8.95. The Morgan fingerprint density at radius 2 is 1.79 bits per heavy atom. The number of hydrogen-bond acceptors (Lipinski definition) is 2. The zero-order chi connectivity index (χ0) is 14.3. The van der Waals surface area contributed by atoms with Gasteiger partial charge in [-0.3, -0.25) is 4.79 Å². The van der Waals surface area contributed by atoms with E-state index >= 15 is 0 Å². The first-order valence-electron chi connectivity index (χ1n) is 7.30. The highest BCUT2D eigenvalue weighted by Gasteiger charge is 2.16. The summed E-state index contributed by atoms with van der Waals surface area (Å²) in [6.07, 6.45) is 3.06. The van der Waals surface area contributed by atoms with Gasteiger partial charge in [-0.2, -0.15) is 0 Å². The molecule has 0 fully saturated rings. The summed E-state index contributed by atoms with van der Waals surface area (Å²) in [4.78, 5) is 11.9. The number of carbonyl (C=O) groups excluding carboxylic acids is 1. The summed E-state index contributed by atoms with van der Waals surface area (Å²) < 4.78 is 5.25. The van der Waals surface area contributed by atoms with Crippen molar-refractivity contribution in [3.63, 3.8) is 0 Å². The number of carbonyl (C=O) groups is 1. The van der Waals surface area contributed by atoms with E-state index in [2.05, 4.69) is 32.9 Å². The van der Waals surface area contributed by atoms with Crippen molar-refractivity contribution in [2.75, 3.05) is 6.61 Å². The Balaban J connectivity index is 2.56. The molecule has 0 saturated carbocycles. The Labute approximate surface area is 117 Å². The van der Waals surface area contributed by atoms with Gasteiger partial charge >= 0.3 is 5.97 Å². The molecule has 0 unspecified atom stereocenters. The van der Waals surface area contributed by atoms with Crippen LogP contribution in [0.25, 0.3) is 0 Å². The van der Waals surface area contributed by atoms with Crippen LogP contribution >= 0.6 is 0 Å². The summed E-state index contributed by atoms with van der Waals surface area (Å²) in [7, 11) is 0. The van der Waals surface area contributed by atoms with Crippen molar-refractivity contribution in [1.29, 1.82) is 0 Å². The zero-order valence-electron chi connectivity index (χ0n) is 12.6. The van der Waals surface area contributed by atoms with E-state index in [4.69, 9.17) is 4.74 Å². The van der Waals surface area contributed by atoms with Crippen molar-refractivity contribution in [3.05, 3.63) is 35.4 Å². The first-order valence-corrected chi connectivity index (χ1v) is 7.30. The van der Waals surface area contributed by atoms with E-state index in [1.165, 1.54) is 5.56 Å². The lowest BCUT2D eigenvalue weighted by molar-refractivity contribution is -0.145. The van der Waals surface area contributed by atoms with Gasteiger partial charge in [0.25, 0.3) is 0 Å². The third-order valence-corrected chi connectivity index (χ3v) is 3.22. The van der Waals surface area contributed by atoms with Crippen LogP contribution in [-0.4, -0.2) is 12.6 Å². The molecule has 0 N–H and O–H groups in total. The van der Waals surface area contributed by atoms with Crippen LogP contribution in [0.5, 0.6) is 0 Å². The Morgan fingerprint density at radius 3 is 2.32 bits per heavy atom. The molecule has 0 aliphatic rings. The fourth-order valence-electron chi connectivity index (χ4n) is 1.99. The van der Waals surface area contributed by atoms with E-state index in [0.717, 1.165) is 24.8 Å². The Kier molecular flexibility index (Phi) is 6.61. The summed E-state index contributed by atoms with van der Waals surface area (Å²) in [5.41, 5.74) is 2.36. The molecule has 0 aromatic heterocycles. The van der Waals surface area contributed by atoms with Gasteiger partial charge in [0, 0.05) is 0 Å². The van der Waals surface area contributed by atoms with Gasteiger partial charge in [-0.25, -0.2) is 0 Å². The quantitative estimate of drug-likeness (QED) is 0.540. The minimum Gasteiger partial charge on any atom is -0.465 e. The highest BCUT2D eigenvalue weighted by Crippen LogP contribution is 2.19. The predicted octanol–water partition coefficient (Wildman–Crippen LogP) is 4.33. The van der Waals surface area contributed by atoms with Crippen LogP contribution in [0.15, 0.2) is 24.3 Å². The number of rotatable bonds is 7. The molecule has 106 valence electrons. The van der Waals surface area contributed by atoms with E-state index in [-0.39, 0.29) is 11.9 Å². The highest BCUT2D eigenvalue weighted by molar-refractivity contribution is 5.77. The lowest BCUT2D eigenvalue weighted by atomic mass is 9.97. The summed E-state index contributed by atoms with van der Waals surface area (Å²) in [6, 6.07) is 8.32. The van der Waals surface area contributed by atoms with Crippen LogP contribution in [-0.2, 0) is 16.0 Å². The molecule has 0 amide bonds. The van der Waals surface area contributed by atoms with Crippen molar-refractivity contribution in [2.45, 2.75) is 52.9 Å². The summed E-state index contributed by atoms with van der Waals surface area (Å²) >= 11 is 0. The van der Waals surface area contributed by atoms with Gasteiger partial charge < -0.3 is 4.74 Å². The molecule has 1 atom stereocenters. The lowest BCUT2D eigenvalue weighted by Gasteiger charge is -2.12. The van der Waals surface area contributed by atoms with Gasteiger partial charge in [-0.15, -0.1) is 0 Å². The van der Waals surface area contributed by atoms with Gasteiger partial charge in [-0.1, -0.05) is 51.5 Å². The number of benzene rings is 1. The molecule has 1 aromatic rings. The molecule has 0 saturated heterocycles. The number of esters is 1. The van der Waals surface area contributed by atoms with Gasteiger partial charge in [0.2, 0.25) is 0 Å². The largest absolute Gasteiger partial charge is 0.465 e. The van der Waals surface area contributed by atoms with E-state index in [0.29, 0.717) is 12.5 Å². The first kappa shape index (κ1) is 15.7. The van der Waals surface area contributed by atoms with Crippen LogP contribution in [0.2, 0.25) is 0 Å². The first-order chi connectivity index (χ1) is 9.04. The van der Waals surface area contributed by atoms with Gasteiger partial charge in [0.15, 0.2) is 0 Å². The van der Waals surface area contributed by atoms with Gasteiger partial charge in [0.05, 0.1) is 12.5 Å². The molecule has 0 spiro atoms. The molecule has 0 aliphatic carbocycles. The van der Waals surface area contributed by atoms with Crippen molar-refractivity contribution in [2.24, 2.45) is 5.92 Å². The summed E-state index contributed by atoms with van der Waals surface area (Å²) in [5, 5.41) is 0. The fourth-order valence-corrected chi connectivity index (χ4v) is 1.99. The average molecular weight is 262 g/mol. The van der Waals surface area contributed by atoms with Crippen LogP contribution in [0.4, 0.5) is 0 Å². The van der Waals surface area contributed by atoms with Gasteiger partial charge in [0.1, 0.15) is 0 Å². The topological polar surface area (TPSA) is 26.3 Å². The average Bonchev–Trinajstić information content (AvgIpc) is 2.38. The molecular formula is C17H26O2. The Hall–Kier alpha value is -1.31. The SMILES string of the molecule is CCCCOC(=O)[C@H](C)c1ccc(CC(C)C)cc1. The molecule has 1 rings (SSSR count). The molecule has 0 bridgehead atoms. The molecule has 0 aliphatic heterocycles. The van der Waals surface area contributed by atoms with Crippen LogP contribution < -0.4 is 0 Å². The lowest BCUT2D eigenvalue weighted by Crippen LogP contribution is -2.14. The second-order valence-electron chi connectivity index (χ2n) is 5.58. The zero-order valence-corrected chi connectivity index (χ0v) is 12.6. The van der Waals surface area contributed by atoms with E-state index in [1.54, 1.807) is 0 Å². The fraction of sp³-hybridized carbons (Fsp3) is 0.588. The second-order valence-corrected chi connectivity index (χ2v) is 5.58. The van der Waals surface area contributed by atoms with Crippen molar-refractivity contribution >= 4 is 5.97 Å². The van der Waals surface area contributed by atoms with Crippen LogP contribution in [0.3, 0.4) is 0 Å². The molecule has 0 heterocycles. The third-order valence-electron chi connectivity index (χ3n) is 3.22. The summed E-state index contributed by atoms with van der Waals surface area (Å²) in [5.74, 6) is 0.359. The van der Waals surface area contributed by atoms with Crippen LogP contribution in [0, 0.1) is 5.92 Å². The molecule has 2 heteroatoms. The van der Waals surface area contributed by atoms with Crippen molar-refractivity contribution < 1.29 is 9.53 Å². The smallest absolute Gasteiger partial charge is 0.313 e. The molecule has 0 radical (unpaired) electrons. The third kappa shape index (κ3) is 5.46. The maximum Gasteiger partial charge on any atom is 0.313 e.